The van der Waals surface area contributed by atoms with Gasteiger partial charge in [0, 0.05) is 11.3 Å². The first kappa shape index (κ1) is 26.1. The zero-order valence-electron chi connectivity index (χ0n) is 17.8. The topological polar surface area (TPSA) is 82.8 Å². The number of benzene rings is 3. The van der Waals surface area contributed by atoms with Crippen LogP contribution in [0.15, 0.2) is 88.9 Å². The molecule has 0 bridgehead atoms. The van der Waals surface area contributed by atoms with E-state index in [2.05, 4.69) is 0 Å². The summed E-state index contributed by atoms with van der Waals surface area (Å²) in [5, 5.41) is 14.0. The summed E-state index contributed by atoms with van der Waals surface area (Å²) >= 11 is 0. The number of hydrogen-bond acceptors (Lipinski definition) is 5. The van der Waals surface area contributed by atoms with Crippen LogP contribution in [0.25, 0.3) is 5.14 Å². The van der Waals surface area contributed by atoms with E-state index >= 15 is 0 Å². The quantitative estimate of drug-likeness (QED) is 0.456. The van der Waals surface area contributed by atoms with Gasteiger partial charge < -0.3 is 9.88 Å². The smallest absolute Gasteiger partial charge is 0.560 e. The van der Waals surface area contributed by atoms with Crippen LogP contribution in [0.2, 0.25) is 0 Å². The van der Waals surface area contributed by atoms with Crippen LogP contribution >= 0.6 is 0 Å². The number of anilines is 1. The Morgan fingerprint density at radius 3 is 2.10 bits per heavy atom. The van der Waals surface area contributed by atoms with E-state index < -0.39 is 10.0 Å². The Labute approximate surface area is 227 Å². The monoisotopic (exact) mass is 452 g/mol. The molecule has 0 radical (unpaired) electrons. The van der Waals surface area contributed by atoms with Gasteiger partial charge in [-0.2, -0.15) is 5.10 Å². The molecule has 1 aliphatic heterocycles. The number of methoxy groups -OCH3 is 1. The average molecular weight is 452 g/mol. The van der Waals surface area contributed by atoms with E-state index in [0.29, 0.717) is 0 Å². The van der Waals surface area contributed by atoms with Crippen molar-refractivity contribution >= 4 is 21.4 Å². The summed E-state index contributed by atoms with van der Waals surface area (Å²) in [5.74, 6) is 0.785. The van der Waals surface area contributed by atoms with Gasteiger partial charge in [0.15, 0.2) is 0 Å². The van der Waals surface area contributed by atoms with Crippen LogP contribution in [0, 0.1) is 0 Å². The van der Waals surface area contributed by atoms with Crippen LogP contribution in [-0.2, 0) is 10.0 Å². The number of hydrazone groups is 1. The molecule has 148 valence electrons. The summed E-state index contributed by atoms with van der Waals surface area (Å²) in [6.45, 7) is 0. The van der Waals surface area contributed by atoms with Crippen LogP contribution in [0.1, 0.15) is 23.6 Å². The van der Waals surface area contributed by atoms with Crippen LogP contribution in [0.5, 0.6) is 5.75 Å². The van der Waals surface area contributed by atoms with Gasteiger partial charge in [0.25, 0.3) is 0 Å². The number of hydrogen-bond donors (Lipinski definition) is 0. The molecule has 1 atom stereocenters. The van der Waals surface area contributed by atoms with Crippen molar-refractivity contribution in [2.75, 3.05) is 12.1 Å². The zero-order valence-corrected chi connectivity index (χ0v) is 22.6. The predicted octanol–water partition coefficient (Wildman–Crippen LogP) is -1.20. The van der Waals surface area contributed by atoms with Crippen molar-refractivity contribution in [1.82, 2.24) is 0 Å². The van der Waals surface area contributed by atoms with Crippen LogP contribution in [0.4, 0.5) is 5.69 Å². The molecule has 0 amide bonds. The van der Waals surface area contributed by atoms with E-state index in [1.54, 1.807) is 19.2 Å². The second-order valence-corrected chi connectivity index (χ2v) is 8.23. The number of nitrogens with one attached hydrogen (secondary N) is 1. The molecule has 4 rings (SSSR count). The summed E-state index contributed by atoms with van der Waals surface area (Å²) in [7, 11) is -2.35. The largest absolute Gasteiger partial charge is 1.00 e. The Morgan fingerprint density at radius 2 is 1.55 bits per heavy atom. The number of rotatable bonds is 5. The van der Waals surface area contributed by atoms with Crippen molar-refractivity contribution in [3.8, 4) is 5.75 Å². The SMILES string of the molecule is COc1ccc([C@H]2CC(c3ccccc3)=NN2c2ccc(S([NH-])(=O)=O)cc2)cc1.[Na+].[Na+]. The Morgan fingerprint density at radius 1 is 0.935 bits per heavy atom. The third-order valence-electron chi connectivity index (χ3n) is 4.93. The molecule has 0 spiro atoms. The van der Waals surface area contributed by atoms with Crippen molar-refractivity contribution in [3.05, 3.63) is 95.1 Å². The van der Waals surface area contributed by atoms with Gasteiger partial charge in [0.1, 0.15) is 5.75 Å². The van der Waals surface area contributed by atoms with Crippen molar-refractivity contribution in [2.45, 2.75) is 17.4 Å². The standard InChI is InChI=1S/C22H20N3O3S.2Na/c1-28-19-11-7-17(8-12-19)22-15-21(16-5-3-2-4-6-16)24-25(22)18-9-13-20(14-10-18)29(23,26)27;;/h2-14,22H,15H2,1H3,(H-,23,26,27);;/q-1;2*+1/t22-;;/m1../s1. The van der Waals surface area contributed by atoms with E-state index in [9.17, 15) is 8.42 Å². The molecular formula is C22H20N3Na2O3S+. The number of ether oxygens (including phenoxy) is 1. The molecule has 0 saturated heterocycles. The molecule has 0 aliphatic carbocycles. The molecule has 1 heterocycles. The van der Waals surface area contributed by atoms with E-state index in [1.165, 1.54) is 12.1 Å². The summed E-state index contributed by atoms with van der Waals surface area (Å²) in [6, 6.07) is 24.1. The van der Waals surface area contributed by atoms with Crippen molar-refractivity contribution in [2.24, 2.45) is 5.10 Å². The second-order valence-electron chi connectivity index (χ2n) is 6.75. The minimum atomic E-state index is -3.99. The van der Waals surface area contributed by atoms with Gasteiger partial charge in [-0.1, -0.05) is 42.5 Å². The second kappa shape index (κ2) is 11.1. The Bertz CT molecular complexity index is 1140. The van der Waals surface area contributed by atoms with Gasteiger partial charge in [-0.15, -0.1) is 0 Å². The van der Waals surface area contributed by atoms with Crippen LogP contribution in [0.3, 0.4) is 0 Å². The Balaban J connectivity index is 0.00000171. The van der Waals surface area contributed by atoms with E-state index in [4.69, 9.17) is 15.0 Å². The molecular weight excluding hydrogens is 432 g/mol. The molecule has 6 nitrogen and oxygen atoms in total. The maximum Gasteiger partial charge on any atom is 1.00 e. The summed E-state index contributed by atoms with van der Waals surface area (Å²) in [4.78, 5) is -0.0336. The molecule has 1 N–H and O–H groups in total. The van der Waals surface area contributed by atoms with E-state index in [1.807, 2.05) is 59.6 Å². The van der Waals surface area contributed by atoms with E-state index in [0.717, 1.165) is 34.7 Å². The van der Waals surface area contributed by atoms with Crippen molar-refractivity contribution in [1.29, 1.82) is 0 Å². The molecule has 0 unspecified atom stereocenters. The van der Waals surface area contributed by atoms with Gasteiger partial charge >= 0.3 is 59.1 Å². The first-order valence-electron chi connectivity index (χ1n) is 9.11. The van der Waals surface area contributed by atoms with Gasteiger partial charge in [0.05, 0.1) is 34.6 Å². The minimum Gasteiger partial charge on any atom is -0.560 e. The van der Waals surface area contributed by atoms with Gasteiger partial charge in [0.2, 0.25) is 0 Å². The maximum absolute atomic E-state index is 11.5. The first-order chi connectivity index (χ1) is 14.0. The summed E-state index contributed by atoms with van der Waals surface area (Å²) < 4.78 is 28.2. The third-order valence-corrected chi connectivity index (χ3v) is 5.82. The normalized spacial score (nSPS) is 15.5. The minimum absolute atomic E-state index is 0. The van der Waals surface area contributed by atoms with Gasteiger partial charge in [-0.05, 0) is 47.5 Å². The molecule has 9 heteroatoms. The van der Waals surface area contributed by atoms with Crippen molar-refractivity contribution in [3.63, 3.8) is 0 Å². The Kier molecular flexibility index (Phi) is 9.36. The fourth-order valence-electron chi connectivity index (χ4n) is 3.42. The number of nitrogens with zero attached hydrogens (tertiary/aromatic N) is 2. The molecule has 0 fully saturated rings. The van der Waals surface area contributed by atoms with Gasteiger partial charge in [-0.25, -0.2) is 8.42 Å². The first-order valence-corrected chi connectivity index (χ1v) is 10.6. The fourth-order valence-corrected chi connectivity index (χ4v) is 3.91. The van der Waals surface area contributed by atoms with Crippen LogP contribution < -0.4 is 68.9 Å². The molecule has 3 aromatic rings. The summed E-state index contributed by atoms with van der Waals surface area (Å²) in [5.41, 5.74) is 3.87. The zero-order chi connectivity index (χ0) is 20.4. The maximum atomic E-state index is 11.5. The predicted molar refractivity (Wildman–Crippen MR) is 114 cm³/mol. The van der Waals surface area contributed by atoms with Gasteiger partial charge in [-0.3, -0.25) is 5.01 Å². The molecule has 0 saturated carbocycles. The fraction of sp³-hybridized carbons (Fsp3) is 0.136. The third kappa shape index (κ3) is 6.00. The van der Waals surface area contributed by atoms with Crippen molar-refractivity contribution < 1.29 is 72.3 Å². The average Bonchev–Trinajstić information content (AvgIpc) is 3.19. The Hall–Kier alpha value is -1.16. The molecule has 1 aliphatic rings. The molecule has 0 aromatic heterocycles. The molecule has 31 heavy (non-hydrogen) atoms. The summed E-state index contributed by atoms with van der Waals surface area (Å²) in [6.07, 6.45) is 0.717. The molecule has 3 aromatic carbocycles. The van der Waals surface area contributed by atoms with E-state index in [-0.39, 0.29) is 70.1 Å². The number of sulfonamides is 1. The van der Waals surface area contributed by atoms with Crippen LogP contribution in [-0.4, -0.2) is 21.2 Å².